The summed E-state index contributed by atoms with van der Waals surface area (Å²) in [6, 6.07) is 6.17. The van der Waals surface area contributed by atoms with E-state index >= 15 is 0 Å². The van der Waals surface area contributed by atoms with Crippen LogP contribution in [0.5, 0.6) is 0 Å². The highest BCUT2D eigenvalue weighted by Gasteiger charge is 2.24. The molecule has 2 N–H and O–H groups in total. The van der Waals surface area contributed by atoms with Crippen LogP contribution in [0.2, 0.25) is 0 Å². The lowest BCUT2D eigenvalue weighted by molar-refractivity contribution is -0.385. The van der Waals surface area contributed by atoms with E-state index in [0.29, 0.717) is 12.1 Å². The third-order valence-electron chi connectivity index (χ3n) is 4.17. The minimum absolute atomic E-state index is 0.00860. The van der Waals surface area contributed by atoms with E-state index in [1.165, 1.54) is 12.1 Å². The summed E-state index contributed by atoms with van der Waals surface area (Å²) in [7, 11) is 0. The molecule has 0 radical (unpaired) electrons. The van der Waals surface area contributed by atoms with E-state index in [4.69, 9.17) is 0 Å². The molecule has 5 heteroatoms. The Morgan fingerprint density at radius 3 is 2.40 bits per heavy atom. The zero-order chi connectivity index (χ0) is 15.2. The summed E-state index contributed by atoms with van der Waals surface area (Å²) in [4.78, 5) is 10.3. The first-order valence-corrected chi connectivity index (χ1v) is 7.15. The van der Waals surface area contributed by atoms with Crippen molar-refractivity contribution in [3.05, 3.63) is 39.9 Å². The van der Waals surface area contributed by atoms with Gasteiger partial charge < -0.3 is 10.4 Å². The van der Waals surface area contributed by atoms with Gasteiger partial charge in [-0.25, -0.2) is 0 Å². The molecule has 20 heavy (non-hydrogen) atoms. The van der Waals surface area contributed by atoms with Crippen LogP contribution < -0.4 is 5.32 Å². The SMILES string of the molecule is CCC(CC)(CC)NCC(O)c1cccc([N+](=O)[O-])c1. The second-order valence-electron chi connectivity index (χ2n) is 5.09. The van der Waals surface area contributed by atoms with E-state index in [-0.39, 0.29) is 11.2 Å². The molecule has 112 valence electrons. The molecule has 0 bridgehead atoms. The molecule has 1 atom stereocenters. The molecule has 0 aliphatic rings. The zero-order valence-electron chi connectivity index (χ0n) is 12.4. The van der Waals surface area contributed by atoms with Gasteiger partial charge in [-0.3, -0.25) is 10.1 Å². The Morgan fingerprint density at radius 1 is 1.30 bits per heavy atom. The van der Waals surface area contributed by atoms with Crippen molar-refractivity contribution in [2.24, 2.45) is 0 Å². The molecule has 0 aliphatic carbocycles. The quantitative estimate of drug-likeness (QED) is 0.566. The summed E-state index contributed by atoms with van der Waals surface area (Å²) in [5.41, 5.74) is 0.611. The fourth-order valence-electron chi connectivity index (χ4n) is 2.40. The molecule has 1 unspecified atom stereocenters. The number of nitro benzene ring substituents is 1. The third-order valence-corrected chi connectivity index (χ3v) is 4.17. The Kier molecular flexibility index (Phi) is 6.10. The molecule has 0 aliphatic heterocycles. The number of aliphatic hydroxyl groups is 1. The van der Waals surface area contributed by atoms with Crippen molar-refractivity contribution in [3.63, 3.8) is 0 Å². The van der Waals surface area contributed by atoms with Crippen molar-refractivity contribution < 1.29 is 10.0 Å². The molecule has 1 aromatic rings. The van der Waals surface area contributed by atoms with Crippen LogP contribution in [0.4, 0.5) is 5.69 Å². The van der Waals surface area contributed by atoms with Gasteiger partial charge in [0.2, 0.25) is 0 Å². The topological polar surface area (TPSA) is 75.4 Å². The highest BCUT2D eigenvalue weighted by molar-refractivity contribution is 5.35. The smallest absolute Gasteiger partial charge is 0.269 e. The Hall–Kier alpha value is -1.46. The maximum atomic E-state index is 10.7. The van der Waals surface area contributed by atoms with E-state index < -0.39 is 11.0 Å². The van der Waals surface area contributed by atoms with E-state index in [0.717, 1.165) is 19.3 Å². The standard InChI is InChI=1S/C15H24N2O3/c1-4-15(5-2,6-3)16-11-14(18)12-8-7-9-13(10-12)17(19)20/h7-10,14,16,18H,4-6,11H2,1-3H3. The van der Waals surface area contributed by atoms with Crippen LogP contribution >= 0.6 is 0 Å². The number of benzene rings is 1. The van der Waals surface area contributed by atoms with E-state index in [1.807, 2.05) is 0 Å². The molecule has 0 fully saturated rings. The average molecular weight is 280 g/mol. The van der Waals surface area contributed by atoms with E-state index in [2.05, 4.69) is 26.1 Å². The largest absolute Gasteiger partial charge is 0.387 e. The van der Waals surface area contributed by atoms with Crippen LogP contribution in [0.3, 0.4) is 0 Å². The van der Waals surface area contributed by atoms with Gasteiger partial charge in [-0.05, 0) is 24.8 Å². The Labute approximate surface area is 120 Å². The fourth-order valence-corrected chi connectivity index (χ4v) is 2.40. The Bertz CT molecular complexity index is 436. The lowest BCUT2D eigenvalue weighted by atomic mass is 9.89. The van der Waals surface area contributed by atoms with E-state index in [1.54, 1.807) is 12.1 Å². The van der Waals surface area contributed by atoms with E-state index in [9.17, 15) is 15.2 Å². The summed E-state index contributed by atoms with van der Waals surface area (Å²) in [6.45, 7) is 6.77. The van der Waals surface area contributed by atoms with Gasteiger partial charge in [-0.1, -0.05) is 32.9 Å². The maximum absolute atomic E-state index is 10.7. The molecule has 0 aromatic heterocycles. The van der Waals surface area contributed by atoms with Crippen molar-refractivity contribution in [2.45, 2.75) is 51.7 Å². The van der Waals surface area contributed by atoms with Crippen molar-refractivity contribution in [1.82, 2.24) is 5.32 Å². The molecule has 5 nitrogen and oxygen atoms in total. The lowest BCUT2D eigenvalue weighted by Crippen LogP contribution is -2.45. The summed E-state index contributed by atoms with van der Waals surface area (Å²) >= 11 is 0. The van der Waals surface area contributed by atoms with Crippen LogP contribution in [-0.2, 0) is 0 Å². The minimum atomic E-state index is -0.737. The Balaban J connectivity index is 2.74. The number of nitro groups is 1. The highest BCUT2D eigenvalue weighted by Crippen LogP contribution is 2.22. The fraction of sp³-hybridized carbons (Fsp3) is 0.600. The number of β-amino-alcohol motifs (C(OH)–C–C–N with tert-alkyl or cyclic N) is 1. The second kappa shape index (κ2) is 7.36. The number of nitrogens with zero attached hydrogens (tertiary/aromatic N) is 1. The van der Waals surface area contributed by atoms with Gasteiger partial charge in [0.1, 0.15) is 0 Å². The molecule has 1 aromatic carbocycles. The van der Waals surface area contributed by atoms with Gasteiger partial charge >= 0.3 is 0 Å². The summed E-state index contributed by atoms with van der Waals surface area (Å²) < 4.78 is 0. The first kappa shape index (κ1) is 16.6. The number of hydrogen-bond donors (Lipinski definition) is 2. The van der Waals surface area contributed by atoms with Crippen LogP contribution in [0, 0.1) is 10.1 Å². The van der Waals surface area contributed by atoms with Crippen molar-refractivity contribution in [1.29, 1.82) is 0 Å². The number of rotatable bonds is 8. The molecule has 0 spiro atoms. The van der Waals surface area contributed by atoms with Crippen LogP contribution in [-0.4, -0.2) is 22.1 Å². The summed E-state index contributed by atoms with van der Waals surface area (Å²) in [5.74, 6) is 0. The number of nitrogens with one attached hydrogen (secondary N) is 1. The predicted molar refractivity (Wildman–Crippen MR) is 79.7 cm³/mol. The van der Waals surface area contributed by atoms with Gasteiger partial charge in [0.05, 0.1) is 11.0 Å². The minimum Gasteiger partial charge on any atom is -0.387 e. The normalized spacial score (nSPS) is 13.2. The predicted octanol–water partition coefficient (Wildman–Crippen LogP) is 3.19. The molecule has 0 saturated carbocycles. The zero-order valence-corrected chi connectivity index (χ0v) is 12.4. The van der Waals surface area contributed by atoms with Crippen LogP contribution in [0.1, 0.15) is 51.7 Å². The monoisotopic (exact) mass is 280 g/mol. The van der Waals surface area contributed by atoms with Gasteiger partial charge in [0, 0.05) is 24.2 Å². The average Bonchev–Trinajstić information content (AvgIpc) is 2.49. The molecular formula is C15H24N2O3. The van der Waals surface area contributed by atoms with Gasteiger partial charge in [0.15, 0.2) is 0 Å². The number of non-ortho nitro benzene ring substituents is 1. The molecule has 0 amide bonds. The van der Waals surface area contributed by atoms with Gasteiger partial charge in [-0.15, -0.1) is 0 Å². The number of aliphatic hydroxyl groups excluding tert-OH is 1. The molecular weight excluding hydrogens is 256 g/mol. The Morgan fingerprint density at radius 2 is 1.90 bits per heavy atom. The lowest BCUT2D eigenvalue weighted by Gasteiger charge is -2.33. The maximum Gasteiger partial charge on any atom is 0.269 e. The molecule has 0 saturated heterocycles. The first-order chi connectivity index (χ1) is 9.48. The summed E-state index contributed by atoms with van der Waals surface area (Å²) in [6.07, 6.45) is 2.23. The van der Waals surface area contributed by atoms with Crippen molar-refractivity contribution in [2.75, 3.05) is 6.54 Å². The van der Waals surface area contributed by atoms with Crippen molar-refractivity contribution in [3.8, 4) is 0 Å². The number of hydrogen-bond acceptors (Lipinski definition) is 4. The van der Waals surface area contributed by atoms with Crippen LogP contribution in [0.15, 0.2) is 24.3 Å². The molecule has 1 rings (SSSR count). The highest BCUT2D eigenvalue weighted by atomic mass is 16.6. The summed E-state index contributed by atoms with van der Waals surface area (Å²) in [5, 5.41) is 24.3. The van der Waals surface area contributed by atoms with Crippen LogP contribution in [0.25, 0.3) is 0 Å². The van der Waals surface area contributed by atoms with Crippen molar-refractivity contribution >= 4 is 5.69 Å². The molecule has 0 heterocycles. The van der Waals surface area contributed by atoms with Gasteiger partial charge in [0.25, 0.3) is 5.69 Å². The third kappa shape index (κ3) is 4.02. The second-order valence-corrected chi connectivity index (χ2v) is 5.09. The van der Waals surface area contributed by atoms with Gasteiger partial charge in [-0.2, -0.15) is 0 Å². The first-order valence-electron chi connectivity index (χ1n) is 7.15.